The zero-order chi connectivity index (χ0) is 23.5. The summed E-state index contributed by atoms with van der Waals surface area (Å²) in [5, 5.41) is 12.6. The summed E-state index contributed by atoms with van der Waals surface area (Å²) in [7, 11) is 0. The smallest absolute Gasteiger partial charge is 0.253 e. The summed E-state index contributed by atoms with van der Waals surface area (Å²) < 4.78 is 6.31. The highest BCUT2D eigenvalue weighted by molar-refractivity contribution is 6.31. The summed E-state index contributed by atoms with van der Waals surface area (Å²) >= 11 is 6.23. The fourth-order valence-corrected chi connectivity index (χ4v) is 5.19. The van der Waals surface area contributed by atoms with Crippen molar-refractivity contribution in [2.24, 2.45) is 10.8 Å². The standard InChI is InChI=1S/C26H31ClN2O3/c1-6-17-11-13-20(15-21(17)27)32-24-25(2,3)23(26(24,4)5)29-22(31)18-10-12-19(28-16-18)9-7-8-14-30/h1,10-13,15-16,23-24,30H,7-9,14H2,2-5H3,(H,29,31). The Morgan fingerprint density at radius 2 is 1.94 bits per heavy atom. The van der Waals surface area contributed by atoms with Gasteiger partial charge in [0, 0.05) is 47.0 Å². The molecule has 1 saturated carbocycles. The number of hydrogen-bond donors (Lipinski definition) is 2. The molecule has 0 atom stereocenters. The van der Waals surface area contributed by atoms with Gasteiger partial charge in [-0.2, -0.15) is 0 Å². The molecule has 1 fully saturated rings. The molecule has 0 radical (unpaired) electrons. The lowest BCUT2D eigenvalue weighted by Crippen LogP contribution is -2.74. The predicted octanol–water partition coefficient (Wildman–Crippen LogP) is 4.64. The van der Waals surface area contributed by atoms with Gasteiger partial charge in [0.05, 0.1) is 10.6 Å². The van der Waals surface area contributed by atoms with Gasteiger partial charge in [0.25, 0.3) is 5.91 Å². The Balaban J connectivity index is 1.67. The van der Waals surface area contributed by atoms with Gasteiger partial charge in [-0.15, -0.1) is 6.42 Å². The van der Waals surface area contributed by atoms with Gasteiger partial charge in [0.15, 0.2) is 0 Å². The van der Waals surface area contributed by atoms with Crippen molar-refractivity contribution in [3.8, 4) is 18.1 Å². The van der Waals surface area contributed by atoms with E-state index in [0.717, 1.165) is 25.0 Å². The quantitative estimate of drug-likeness (QED) is 0.450. The van der Waals surface area contributed by atoms with E-state index in [1.165, 1.54) is 0 Å². The highest BCUT2D eigenvalue weighted by atomic mass is 35.5. The maximum atomic E-state index is 12.9. The van der Waals surface area contributed by atoms with Gasteiger partial charge in [-0.25, -0.2) is 0 Å². The molecular weight excluding hydrogens is 424 g/mol. The van der Waals surface area contributed by atoms with Crippen LogP contribution in [0.5, 0.6) is 5.75 Å². The molecule has 1 heterocycles. The van der Waals surface area contributed by atoms with E-state index in [0.29, 0.717) is 21.9 Å². The van der Waals surface area contributed by atoms with E-state index >= 15 is 0 Å². The lowest BCUT2D eigenvalue weighted by Gasteiger charge is -2.63. The average molecular weight is 455 g/mol. The number of carbonyl (C=O) groups is 1. The molecule has 0 spiro atoms. The molecule has 2 aromatic rings. The Labute approximate surface area is 195 Å². The lowest BCUT2D eigenvalue weighted by atomic mass is 9.49. The number of terminal acetylenes is 1. The molecule has 6 heteroatoms. The highest BCUT2D eigenvalue weighted by Crippen LogP contribution is 2.55. The van der Waals surface area contributed by atoms with Crippen molar-refractivity contribution >= 4 is 17.5 Å². The van der Waals surface area contributed by atoms with Crippen molar-refractivity contribution in [2.75, 3.05) is 6.61 Å². The van der Waals surface area contributed by atoms with Crippen LogP contribution in [-0.4, -0.2) is 34.8 Å². The third kappa shape index (κ3) is 4.77. The second-order valence-electron chi connectivity index (χ2n) is 9.55. The summed E-state index contributed by atoms with van der Waals surface area (Å²) in [5.74, 6) is 3.06. The Hall–Kier alpha value is -2.55. The zero-order valence-corrected chi connectivity index (χ0v) is 19.9. The molecule has 0 saturated heterocycles. The predicted molar refractivity (Wildman–Crippen MR) is 127 cm³/mol. The number of unbranched alkanes of at least 4 members (excludes halogenated alkanes) is 1. The summed E-state index contributed by atoms with van der Waals surface area (Å²) in [6, 6.07) is 8.93. The van der Waals surface area contributed by atoms with Crippen LogP contribution >= 0.6 is 11.6 Å². The molecule has 1 aliphatic rings. The normalized spacial score (nSPS) is 20.7. The number of rotatable bonds is 8. The first kappa shape index (κ1) is 24.1. The largest absolute Gasteiger partial charge is 0.489 e. The SMILES string of the molecule is C#Cc1ccc(OC2C(C)(C)C(NC(=O)c3ccc(CCCCO)nc3)C2(C)C)cc1Cl. The van der Waals surface area contributed by atoms with Crippen LogP contribution in [0.2, 0.25) is 5.02 Å². The molecular formula is C26H31ClN2O3. The third-order valence-corrected chi connectivity index (χ3v) is 6.71. The first-order valence-electron chi connectivity index (χ1n) is 10.9. The van der Waals surface area contributed by atoms with E-state index < -0.39 is 0 Å². The number of aryl methyl sites for hydroxylation is 1. The molecule has 1 amide bonds. The number of hydrogen-bond acceptors (Lipinski definition) is 4. The molecule has 1 aliphatic carbocycles. The van der Waals surface area contributed by atoms with Gasteiger partial charge in [-0.05, 0) is 43.5 Å². The maximum Gasteiger partial charge on any atom is 0.253 e. The van der Waals surface area contributed by atoms with E-state index in [-0.39, 0.29) is 35.5 Å². The summed E-state index contributed by atoms with van der Waals surface area (Å²) in [6.07, 6.45) is 9.35. The van der Waals surface area contributed by atoms with Crippen LogP contribution in [0.25, 0.3) is 0 Å². The van der Waals surface area contributed by atoms with Crippen LogP contribution in [0.3, 0.4) is 0 Å². The number of nitrogens with zero attached hydrogens (tertiary/aromatic N) is 1. The molecule has 32 heavy (non-hydrogen) atoms. The van der Waals surface area contributed by atoms with Gasteiger partial charge in [0.1, 0.15) is 11.9 Å². The second-order valence-corrected chi connectivity index (χ2v) is 9.96. The Bertz CT molecular complexity index is 993. The first-order chi connectivity index (χ1) is 15.1. The lowest BCUT2D eigenvalue weighted by molar-refractivity contribution is -0.164. The van der Waals surface area contributed by atoms with E-state index in [4.69, 9.17) is 27.9 Å². The molecule has 0 aliphatic heterocycles. The molecule has 2 N–H and O–H groups in total. The van der Waals surface area contributed by atoms with Crippen LogP contribution in [0.1, 0.15) is 62.2 Å². The fourth-order valence-electron chi connectivity index (χ4n) is 4.96. The average Bonchev–Trinajstić information content (AvgIpc) is 2.76. The number of nitrogens with one attached hydrogen (secondary N) is 1. The monoisotopic (exact) mass is 454 g/mol. The number of carbonyl (C=O) groups excluding carboxylic acids is 1. The molecule has 3 rings (SSSR count). The summed E-state index contributed by atoms with van der Waals surface area (Å²) in [5.41, 5.74) is 1.48. The van der Waals surface area contributed by atoms with Gasteiger partial charge in [-0.3, -0.25) is 9.78 Å². The fraction of sp³-hybridized carbons (Fsp3) is 0.462. The summed E-state index contributed by atoms with van der Waals surface area (Å²) in [4.78, 5) is 17.3. The van der Waals surface area contributed by atoms with Crippen LogP contribution in [0.15, 0.2) is 36.5 Å². The number of aromatic nitrogens is 1. The van der Waals surface area contributed by atoms with Gasteiger partial charge < -0.3 is 15.2 Å². The third-order valence-electron chi connectivity index (χ3n) is 6.39. The molecule has 0 bridgehead atoms. The minimum absolute atomic E-state index is 0.0859. The van der Waals surface area contributed by atoms with E-state index in [1.54, 1.807) is 24.4 Å². The van der Waals surface area contributed by atoms with Crippen LogP contribution in [0, 0.1) is 23.2 Å². The van der Waals surface area contributed by atoms with E-state index in [1.807, 2.05) is 12.1 Å². The number of benzene rings is 1. The Morgan fingerprint density at radius 3 is 2.50 bits per heavy atom. The van der Waals surface area contributed by atoms with Crippen molar-refractivity contribution in [2.45, 2.75) is 59.1 Å². The first-order valence-corrected chi connectivity index (χ1v) is 11.3. The van der Waals surface area contributed by atoms with E-state index in [2.05, 4.69) is 43.9 Å². The summed E-state index contributed by atoms with van der Waals surface area (Å²) in [6.45, 7) is 8.55. The van der Waals surface area contributed by atoms with Crippen LogP contribution in [-0.2, 0) is 6.42 Å². The molecule has 170 valence electrons. The van der Waals surface area contributed by atoms with Gasteiger partial charge >= 0.3 is 0 Å². The number of aliphatic hydroxyl groups excluding tert-OH is 1. The van der Waals surface area contributed by atoms with Gasteiger partial charge in [-0.1, -0.05) is 45.2 Å². The molecule has 1 aromatic heterocycles. The van der Waals surface area contributed by atoms with Crippen molar-refractivity contribution < 1.29 is 14.6 Å². The number of halogens is 1. The van der Waals surface area contributed by atoms with Crippen LogP contribution in [0.4, 0.5) is 0 Å². The van der Waals surface area contributed by atoms with Gasteiger partial charge in [0.2, 0.25) is 0 Å². The Kier molecular flexibility index (Phi) is 7.17. The van der Waals surface area contributed by atoms with Crippen molar-refractivity contribution in [1.29, 1.82) is 0 Å². The highest BCUT2D eigenvalue weighted by Gasteiger charge is 2.64. The number of pyridine rings is 1. The second kappa shape index (κ2) is 9.52. The van der Waals surface area contributed by atoms with Crippen LogP contribution < -0.4 is 10.1 Å². The molecule has 0 unspecified atom stereocenters. The topological polar surface area (TPSA) is 71.5 Å². The van der Waals surface area contributed by atoms with Crippen molar-refractivity contribution in [3.05, 3.63) is 58.4 Å². The van der Waals surface area contributed by atoms with E-state index in [9.17, 15) is 4.79 Å². The zero-order valence-electron chi connectivity index (χ0n) is 19.1. The number of ether oxygens (including phenoxy) is 1. The maximum absolute atomic E-state index is 12.9. The Morgan fingerprint density at radius 1 is 1.22 bits per heavy atom. The number of amides is 1. The van der Waals surface area contributed by atoms with Crippen molar-refractivity contribution in [3.63, 3.8) is 0 Å². The number of aliphatic hydroxyl groups is 1. The minimum Gasteiger partial charge on any atom is -0.489 e. The molecule has 5 nitrogen and oxygen atoms in total. The minimum atomic E-state index is -0.298. The molecule has 1 aromatic carbocycles. The van der Waals surface area contributed by atoms with Crippen molar-refractivity contribution in [1.82, 2.24) is 10.3 Å².